The fourth-order valence-electron chi connectivity index (χ4n) is 2.87. The number of carbonyl (C=O) groups is 2. The van der Waals surface area contributed by atoms with Crippen LogP contribution in [0.2, 0.25) is 0 Å². The van der Waals surface area contributed by atoms with Crippen molar-refractivity contribution in [2.24, 2.45) is 0 Å². The molecule has 13 heteroatoms. The van der Waals surface area contributed by atoms with Crippen LogP contribution in [0, 0.1) is 0 Å². The molecule has 0 aromatic carbocycles. The minimum absolute atomic E-state index is 0. The van der Waals surface area contributed by atoms with Crippen LogP contribution in [0.15, 0.2) is 0 Å². The van der Waals surface area contributed by atoms with Crippen molar-refractivity contribution >= 4 is 22.1 Å². The van der Waals surface area contributed by atoms with Gasteiger partial charge in [-0.25, -0.2) is 12.7 Å². The molecular weight excluding hydrogens is 351 g/mol. The van der Waals surface area contributed by atoms with Crippen molar-refractivity contribution in [3.8, 4) is 0 Å². The Labute approximate surface area is 160 Å². The zero-order valence-corrected chi connectivity index (χ0v) is 16.3. The van der Waals surface area contributed by atoms with Crippen LogP contribution in [-0.4, -0.2) is 72.8 Å². The molecule has 24 heavy (non-hydrogen) atoms. The first-order valence-electron chi connectivity index (χ1n) is 7.07. The fourth-order valence-corrected chi connectivity index (χ4v) is 3.75. The number of β-lactam (4-membered cyclic amide) rings is 1. The molecule has 0 N–H and O–H groups in total. The van der Waals surface area contributed by atoms with Gasteiger partial charge < -0.3 is 9.45 Å². The summed E-state index contributed by atoms with van der Waals surface area (Å²) in [6.07, 6.45) is 0.128. The van der Waals surface area contributed by atoms with Gasteiger partial charge in [0.15, 0.2) is 16.1 Å². The Kier molecular flexibility index (Phi) is 5.35. The van der Waals surface area contributed by atoms with Crippen molar-refractivity contribution in [2.45, 2.75) is 44.8 Å². The number of nitrogens with zero attached hydrogens (tertiary/aromatic N) is 6. The van der Waals surface area contributed by atoms with Gasteiger partial charge in [0.2, 0.25) is 5.91 Å². The number of amides is 2. The molecule has 2 saturated heterocycles. The van der Waals surface area contributed by atoms with Crippen LogP contribution in [0.5, 0.6) is 0 Å². The quantitative estimate of drug-likeness (QED) is 0.293. The molecule has 0 bridgehead atoms. The molecule has 2 atom stereocenters. The van der Waals surface area contributed by atoms with E-state index in [9.17, 15) is 22.6 Å². The van der Waals surface area contributed by atoms with Gasteiger partial charge in [0.25, 0.3) is 5.91 Å². The van der Waals surface area contributed by atoms with E-state index < -0.39 is 34.2 Å². The van der Waals surface area contributed by atoms with Crippen LogP contribution in [-0.2, 0) is 26.3 Å². The van der Waals surface area contributed by atoms with E-state index in [-0.39, 0.29) is 60.8 Å². The number of tetrazole rings is 1. The SMILES string of the molecule is CC(C)n1nnc(CC(=O)N2CC[C@@H]3[C@H]2C(=O)N3S(=O)(=O)[O-])n1.[Na+]. The Hall–Kier alpha value is -1.08. The number of fused-ring (bicyclic) bond motifs is 1. The van der Waals surface area contributed by atoms with Crippen LogP contribution >= 0.6 is 0 Å². The molecule has 0 aliphatic carbocycles. The predicted octanol–water partition coefficient (Wildman–Crippen LogP) is -4.93. The number of aromatic nitrogens is 4. The average molecular weight is 366 g/mol. The second kappa shape index (κ2) is 6.67. The molecule has 1 aromatic rings. The van der Waals surface area contributed by atoms with Gasteiger partial charge in [0, 0.05) is 6.54 Å². The first kappa shape index (κ1) is 19.2. The molecule has 2 aliphatic heterocycles. The van der Waals surface area contributed by atoms with Gasteiger partial charge in [-0.2, -0.15) is 4.80 Å². The molecule has 11 nitrogen and oxygen atoms in total. The van der Waals surface area contributed by atoms with E-state index in [1.807, 2.05) is 13.8 Å². The van der Waals surface area contributed by atoms with Gasteiger partial charge in [0.05, 0.1) is 18.5 Å². The Morgan fingerprint density at radius 1 is 1.42 bits per heavy atom. The van der Waals surface area contributed by atoms with E-state index in [4.69, 9.17) is 0 Å². The van der Waals surface area contributed by atoms with Crippen molar-refractivity contribution in [3.63, 3.8) is 0 Å². The summed E-state index contributed by atoms with van der Waals surface area (Å²) in [6.45, 7) is 3.94. The molecular formula is C11H15N6NaO5S. The summed E-state index contributed by atoms with van der Waals surface area (Å²) < 4.78 is 33.4. The Bertz CT molecular complexity index is 765. The summed E-state index contributed by atoms with van der Waals surface area (Å²) in [5.74, 6) is -1.01. The Morgan fingerprint density at radius 2 is 2.08 bits per heavy atom. The average Bonchev–Trinajstić information content (AvgIpc) is 3.01. The first-order chi connectivity index (χ1) is 10.7. The molecule has 126 valence electrons. The van der Waals surface area contributed by atoms with Crippen molar-refractivity contribution in [2.75, 3.05) is 6.54 Å². The van der Waals surface area contributed by atoms with Gasteiger partial charge in [-0.1, -0.05) is 0 Å². The third-order valence-corrected chi connectivity index (χ3v) is 4.87. The van der Waals surface area contributed by atoms with Crippen molar-refractivity contribution in [1.29, 1.82) is 0 Å². The smallest absolute Gasteiger partial charge is 0.731 e. The largest absolute Gasteiger partial charge is 1.00 e. The first-order valence-corrected chi connectivity index (χ1v) is 8.43. The van der Waals surface area contributed by atoms with Gasteiger partial charge in [-0.15, -0.1) is 10.2 Å². The number of rotatable bonds is 4. The summed E-state index contributed by atoms with van der Waals surface area (Å²) in [6, 6.07) is -1.63. The van der Waals surface area contributed by atoms with Crippen molar-refractivity contribution in [3.05, 3.63) is 5.82 Å². The molecule has 3 heterocycles. The van der Waals surface area contributed by atoms with Crippen molar-refractivity contribution < 1.29 is 52.1 Å². The van der Waals surface area contributed by atoms with Gasteiger partial charge in [0.1, 0.15) is 6.04 Å². The monoisotopic (exact) mass is 366 g/mol. The topological polar surface area (TPSA) is 141 Å². The number of likely N-dealkylation sites (tertiary alicyclic amines) is 1. The van der Waals surface area contributed by atoms with Crippen LogP contribution < -0.4 is 29.6 Å². The zero-order valence-electron chi connectivity index (χ0n) is 13.5. The van der Waals surface area contributed by atoms with Crippen molar-refractivity contribution in [1.82, 2.24) is 29.4 Å². The maximum absolute atomic E-state index is 12.3. The summed E-state index contributed by atoms with van der Waals surface area (Å²) in [4.78, 5) is 26.8. The molecule has 0 saturated carbocycles. The third-order valence-electron chi connectivity index (χ3n) is 3.94. The molecule has 1 aromatic heterocycles. The molecule has 0 radical (unpaired) electrons. The number of carbonyl (C=O) groups excluding carboxylic acids is 2. The van der Waals surface area contributed by atoms with Crippen LogP contribution in [0.4, 0.5) is 0 Å². The molecule has 2 fully saturated rings. The molecule has 0 unspecified atom stereocenters. The molecule has 2 amide bonds. The van der Waals surface area contributed by atoms with Crippen LogP contribution in [0.1, 0.15) is 32.1 Å². The third kappa shape index (κ3) is 3.20. The predicted molar refractivity (Wildman–Crippen MR) is 72.4 cm³/mol. The van der Waals surface area contributed by atoms with E-state index in [0.29, 0.717) is 4.31 Å². The van der Waals surface area contributed by atoms with Crippen LogP contribution in [0.3, 0.4) is 0 Å². The van der Waals surface area contributed by atoms with Gasteiger partial charge in [-0.05, 0) is 25.5 Å². The number of hydrogen-bond donors (Lipinski definition) is 0. The second-order valence-electron chi connectivity index (χ2n) is 5.78. The normalized spacial score (nSPS) is 23.1. The van der Waals surface area contributed by atoms with E-state index >= 15 is 0 Å². The maximum Gasteiger partial charge on any atom is 1.00 e. The zero-order chi connectivity index (χ0) is 16.9. The molecule has 2 aliphatic rings. The fraction of sp³-hybridized carbons (Fsp3) is 0.727. The van der Waals surface area contributed by atoms with Gasteiger partial charge in [-0.3, -0.25) is 9.59 Å². The molecule has 0 spiro atoms. The molecule has 3 rings (SSSR count). The van der Waals surface area contributed by atoms with Crippen LogP contribution in [0.25, 0.3) is 0 Å². The second-order valence-corrected chi connectivity index (χ2v) is 7.03. The minimum Gasteiger partial charge on any atom is -0.731 e. The Morgan fingerprint density at radius 3 is 2.62 bits per heavy atom. The van der Waals surface area contributed by atoms with E-state index in [1.165, 1.54) is 9.70 Å². The maximum atomic E-state index is 12.3. The van der Waals surface area contributed by atoms with E-state index in [1.54, 1.807) is 0 Å². The van der Waals surface area contributed by atoms with E-state index in [0.717, 1.165) is 0 Å². The van der Waals surface area contributed by atoms with E-state index in [2.05, 4.69) is 15.4 Å². The Balaban J connectivity index is 0.00000208. The summed E-state index contributed by atoms with van der Waals surface area (Å²) in [5.41, 5.74) is 0. The van der Waals surface area contributed by atoms with Gasteiger partial charge >= 0.3 is 29.6 Å². The summed E-state index contributed by atoms with van der Waals surface area (Å²) >= 11 is 0. The minimum atomic E-state index is -4.83. The summed E-state index contributed by atoms with van der Waals surface area (Å²) in [5, 5.41) is 11.7. The number of hydrogen-bond acceptors (Lipinski definition) is 8. The standard InChI is InChI=1S/C11H16N6O5S.Na/c1-6(2)17-13-8(12-14-17)5-9(18)15-4-3-7-10(15)11(19)16(7)23(20,21)22;/h6-7,10H,3-5H2,1-2H3,(H,20,21,22);/q;+1/p-1/t7-,10+;/m1./s1. The summed E-state index contributed by atoms with van der Waals surface area (Å²) in [7, 11) is -4.83.